The van der Waals surface area contributed by atoms with Gasteiger partial charge in [0, 0.05) is 11.3 Å². The quantitative estimate of drug-likeness (QED) is 0.602. The van der Waals surface area contributed by atoms with Crippen LogP contribution in [0.2, 0.25) is 0 Å². The van der Waals surface area contributed by atoms with Gasteiger partial charge in [-0.3, -0.25) is 9.59 Å². The third-order valence-corrected chi connectivity index (χ3v) is 1.57. The van der Waals surface area contributed by atoms with Crippen molar-refractivity contribution < 1.29 is 14.7 Å². The van der Waals surface area contributed by atoms with Gasteiger partial charge in [-0.1, -0.05) is 0 Å². The number of benzene rings is 1. The van der Waals surface area contributed by atoms with Crippen molar-refractivity contribution >= 4 is 17.6 Å². The smallest absolute Gasteiger partial charge is 0.322 e. The highest BCUT2D eigenvalue weighted by atomic mass is 16.4. The monoisotopic (exact) mass is 200 g/mol. The molecule has 1 rings (SSSR count). The second kappa shape index (κ2) is 4.27. The fourth-order valence-corrected chi connectivity index (χ4v) is 0.892. The number of carbonyl (C=O) groups excluding carboxylic acids is 1. The summed E-state index contributed by atoms with van der Waals surface area (Å²) in [5.41, 5.74) is 6.37. The van der Waals surface area contributed by atoms with Gasteiger partial charge in [-0.15, -0.1) is 0 Å². The number of nitrogens with two attached hydrogens (primary N) is 1. The third-order valence-electron chi connectivity index (χ3n) is 1.57. The van der Waals surface area contributed by atoms with Crippen LogP contribution in [-0.2, 0) is 4.79 Å². The van der Waals surface area contributed by atoms with E-state index in [2.05, 4.69) is 5.32 Å². The maximum atomic E-state index is 11.2. The Morgan fingerprint density at radius 2 is 1.86 bits per heavy atom. The summed E-state index contributed by atoms with van der Waals surface area (Å²) in [7, 11) is 0. The van der Waals surface area contributed by atoms with Crippen molar-refractivity contribution in [1.82, 2.24) is 5.32 Å². The van der Waals surface area contributed by atoms with E-state index in [4.69, 9.17) is 10.8 Å². The number of hydrogen-bond donors (Lipinski definition) is 3. The number of carboxylic acid groups (broad SMARTS) is 1. The first-order valence-corrected chi connectivity index (χ1v) is 3.95. The molecule has 1 aromatic rings. The minimum Gasteiger partial charge on any atom is -0.480 e. The van der Waals surface area contributed by atoms with Crippen LogP contribution in [0.25, 0.3) is 0 Å². The molecule has 0 aromatic heterocycles. The Bertz CT molecular complexity index is 346. The number of nitrogens with one attached hydrogen (secondary N) is 1. The first-order valence-electron chi connectivity index (χ1n) is 3.95. The first-order chi connectivity index (χ1) is 6.59. The fourth-order valence-electron chi connectivity index (χ4n) is 0.892. The van der Waals surface area contributed by atoms with E-state index in [1.54, 1.807) is 12.1 Å². The Labute approximate surface area is 80.5 Å². The van der Waals surface area contributed by atoms with E-state index in [-0.39, 0.29) is 6.54 Å². The Morgan fingerprint density at radius 3 is 2.36 bits per heavy atom. The largest absolute Gasteiger partial charge is 0.480 e. The highest BCUT2D eigenvalue weighted by Gasteiger charge is 2.05. The summed E-state index contributed by atoms with van der Waals surface area (Å²) in [5.74, 6) is -1.50. The molecule has 0 atom stereocenters. The molecule has 1 aromatic carbocycles. The molecule has 1 amide bonds. The summed E-state index contributed by atoms with van der Waals surface area (Å²) in [6.45, 7) is -0.386. The molecule has 4 N–H and O–H groups in total. The molecule has 0 bridgehead atoms. The highest BCUT2D eigenvalue weighted by molar-refractivity contribution is 5.95. The molecule has 0 unspecified atom stereocenters. The number of rotatable bonds is 3. The number of anilines is 1. The summed E-state index contributed by atoms with van der Waals surface area (Å²) in [4.78, 5) is 21.4. The molecule has 0 aliphatic rings. The van der Waals surface area contributed by atoms with Crippen LogP contribution in [0.5, 0.6) is 0 Å². The summed E-state index contributed by atoms with van der Waals surface area (Å²) >= 11 is 0. The van der Waals surface area contributed by atoms with Gasteiger partial charge >= 0.3 is 5.97 Å². The average Bonchev–Trinajstić information content (AvgIpc) is 2.15. The van der Waals surface area contributed by atoms with Crippen LogP contribution in [0.4, 0.5) is 5.69 Å². The number of nitrogen functional groups attached to an aromatic ring is 1. The molecule has 0 spiro atoms. The molecule has 0 aliphatic heterocycles. The van der Waals surface area contributed by atoms with E-state index in [1.165, 1.54) is 12.1 Å². The van der Waals surface area contributed by atoms with Crippen molar-refractivity contribution in [3.05, 3.63) is 29.8 Å². The molecule has 0 heterocycles. The number of hydrogen-bond acceptors (Lipinski definition) is 3. The molecular formula is C9H10N2O3. The Morgan fingerprint density at radius 1 is 1.29 bits per heavy atom. The number of aliphatic carboxylic acids is 1. The highest BCUT2D eigenvalue weighted by Crippen LogP contribution is 2.04. The molecular weight excluding hydrogens is 190 g/mol. The lowest BCUT2D eigenvalue weighted by Gasteiger charge is -2.01. The van der Waals surface area contributed by atoms with Crippen molar-refractivity contribution in [2.75, 3.05) is 12.3 Å². The van der Waals surface area contributed by atoms with Gasteiger partial charge in [0.25, 0.3) is 5.91 Å². The molecule has 0 fully saturated rings. The van der Waals surface area contributed by atoms with Crippen molar-refractivity contribution in [3.63, 3.8) is 0 Å². The molecule has 0 saturated carbocycles. The predicted molar refractivity (Wildman–Crippen MR) is 50.8 cm³/mol. The van der Waals surface area contributed by atoms with Gasteiger partial charge in [0.2, 0.25) is 0 Å². The summed E-state index contributed by atoms with van der Waals surface area (Å²) < 4.78 is 0. The molecule has 14 heavy (non-hydrogen) atoms. The molecule has 0 saturated heterocycles. The topological polar surface area (TPSA) is 92.4 Å². The Balaban J connectivity index is 2.61. The molecule has 5 nitrogen and oxygen atoms in total. The van der Waals surface area contributed by atoms with E-state index >= 15 is 0 Å². The molecule has 74 valence electrons. The lowest BCUT2D eigenvalue weighted by Crippen LogP contribution is -2.29. The maximum absolute atomic E-state index is 11.2. The standard InChI is InChI=1S/C9H10N2O3/c10-7-3-1-6(2-4-7)9(14)11-5-8(12)13/h1-4H,5,10H2,(H,11,14)(H,12,13)/i1+1,2+1,3+1,4+1,6+1,7+1. The number of amides is 1. The first kappa shape index (κ1) is 10.0. The van der Waals surface area contributed by atoms with Gasteiger partial charge in [-0.25, -0.2) is 0 Å². The molecule has 0 aliphatic carbocycles. The van der Waals surface area contributed by atoms with Crippen molar-refractivity contribution in [1.29, 1.82) is 0 Å². The van der Waals surface area contributed by atoms with Gasteiger partial charge in [0.15, 0.2) is 0 Å². The Hall–Kier alpha value is -2.04. The van der Waals surface area contributed by atoms with Crippen LogP contribution in [0.3, 0.4) is 0 Å². The van der Waals surface area contributed by atoms with Crippen LogP contribution in [-0.4, -0.2) is 23.5 Å². The van der Waals surface area contributed by atoms with Crippen molar-refractivity contribution in [2.45, 2.75) is 0 Å². The van der Waals surface area contributed by atoms with E-state index in [1.807, 2.05) is 0 Å². The van der Waals surface area contributed by atoms with Crippen molar-refractivity contribution in [3.8, 4) is 0 Å². The number of carboxylic acids is 1. The predicted octanol–water partition coefficient (Wildman–Crippen LogP) is 0.0832. The van der Waals surface area contributed by atoms with E-state index in [0.29, 0.717) is 11.3 Å². The zero-order valence-electron chi connectivity index (χ0n) is 7.36. The van der Waals surface area contributed by atoms with Crippen LogP contribution in [0.15, 0.2) is 24.3 Å². The van der Waals surface area contributed by atoms with Gasteiger partial charge in [0.05, 0.1) is 0 Å². The van der Waals surface area contributed by atoms with E-state index in [9.17, 15) is 9.59 Å². The Kier molecular flexibility index (Phi) is 3.06. The second-order valence-electron chi connectivity index (χ2n) is 2.70. The lowest BCUT2D eigenvalue weighted by atomic mass is 10.6. The minimum atomic E-state index is -1.08. The fraction of sp³-hybridized carbons (Fsp3) is 0.111. The molecule has 0 radical (unpaired) electrons. The van der Waals surface area contributed by atoms with Gasteiger partial charge in [-0.2, -0.15) is 0 Å². The summed E-state index contributed by atoms with van der Waals surface area (Å²) in [6, 6.07) is 6.23. The summed E-state index contributed by atoms with van der Waals surface area (Å²) in [6.07, 6.45) is 0. The van der Waals surface area contributed by atoms with Gasteiger partial charge in [0.1, 0.15) is 6.54 Å². The summed E-state index contributed by atoms with van der Waals surface area (Å²) in [5, 5.41) is 10.6. The second-order valence-corrected chi connectivity index (χ2v) is 2.70. The normalized spacial score (nSPS) is 9.43. The van der Waals surface area contributed by atoms with Gasteiger partial charge < -0.3 is 16.2 Å². The maximum Gasteiger partial charge on any atom is 0.322 e. The van der Waals surface area contributed by atoms with E-state index in [0.717, 1.165) is 0 Å². The zero-order chi connectivity index (χ0) is 10.6. The number of carbonyl (C=O) groups is 2. The van der Waals surface area contributed by atoms with Crippen LogP contribution >= 0.6 is 0 Å². The lowest BCUT2D eigenvalue weighted by molar-refractivity contribution is -0.135. The van der Waals surface area contributed by atoms with Crippen molar-refractivity contribution in [2.24, 2.45) is 0 Å². The van der Waals surface area contributed by atoms with Crippen LogP contribution in [0, 0.1) is 0 Å². The molecule has 5 heteroatoms. The van der Waals surface area contributed by atoms with Crippen LogP contribution < -0.4 is 11.1 Å². The minimum absolute atomic E-state index is 0.386. The third kappa shape index (κ3) is 2.78. The van der Waals surface area contributed by atoms with Crippen LogP contribution in [0.1, 0.15) is 10.4 Å². The SMILES string of the molecule is N[13c]1[13cH][13cH][13c](C(=O)NCC(=O)O)[13cH][13cH]1. The average molecular weight is 200 g/mol. The van der Waals surface area contributed by atoms with Gasteiger partial charge in [-0.05, 0) is 24.3 Å². The van der Waals surface area contributed by atoms with E-state index < -0.39 is 11.9 Å². The zero-order valence-corrected chi connectivity index (χ0v) is 7.36.